The largest absolute Gasteiger partial charge is 0.339 e. The van der Waals surface area contributed by atoms with Crippen LogP contribution in [0.25, 0.3) is 43.9 Å². The van der Waals surface area contributed by atoms with Crippen LogP contribution >= 0.6 is 0 Å². The second-order valence-electron chi connectivity index (χ2n) is 8.37. The van der Waals surface area contributed by atoms with Gasteiger partial charge in [-0.25, -0.2) is 9.37 Å². The van der Waals surface area contributed by atoms with Crippen molar-refractivity contribution < 1.29 is 9.18 Å². The van der Waals surface area contributed by atoms with E-state index >= 15 is 0 Å². The molecule has 0 spiro atoms. The van der Waals surface area contributed by atoms with E-state index in [2.05, 4.69) is 30.3 Å². The molecule has 5 rings (SSSR count). The van der Waals surface area contributed by atoms with Crippen molar-refractivity contribution in [2.45, 2.75) is 12.5 Å². The Morgan fingerprint density at radius 3 is 2.46 bits per heavy atom. The molecule has 0 radical (unpaired) electrons. The number of amides is 1. The van der Waals surface area contributed by atoms with Crippen molar-refractivity contribution >= 4 is 28.4 Å². The van der Waals surface area contributed by atoms with Crippen molar-refractivity contribution in [2.24, 2.45) is 10.8 Å². The summed E-state index contributed by atoms with van der Waals surface area (Å²) in [4.78, 5) is 27.6. The summed E-state index contributed by atoms with van der Waals surface area (Å²) in [7, 11) is 0. The molecule has 37 heavy (non-hydrogen) atoms. The van der Waals surface area contributed by atoms with Gasteiger partial charge in [0.15, 0.2) is 0 Å². The summed E-state index contributed by atoms with van der Waals surface area (Å²) in [5.74, 6) is -0.359. The monoisotopic (exact) mass is 492 g/mol. The van der Waals surface area contributed by atoms with E-state index in [1.54, 1.807) is 54.9 Å². The van der Waals surface area contributed by atoms with E-state index in [0.717, 1.165) is 33.3 Å². The van der Waals surface area contributed by atoms with Gasteiger partial charge < -0.3 is 16.0 Å². The Morgan fingerprint density at radius 1 is 1.03 bits per heavy atom. The van der Waals surface area contributed by atoms with Gasteiger partial charge in [0.2, 0.25) is 5.91 Å². The third-order valence-electron chi connectivity index (χ3n) is 5.90. The van der Waals surface area contributed by atoms with Crippen LogP contribution in [0.2, 0.25) is 0 Å². The van der Waals surface area contributed by atoms with Crippen LogP contribution < -0.4 is 11.1 Å². The number of carbonyl (C=O) groups is 1. The molecule has 1 amide bonds. The molecule has 10 heteroatoms. The lowest BCUT2D eigenvalue weighted by Gasteiger charge is -2.12. The molecule has 3 heterocycles. The van der Waals surface area contributed by atoms with E-state index in [-0.39, 0.29) is 11.7 Å². The van der Waals surface area contributed by atoms with E-state index in [4.69, 9.17) is 11.3 Å². The standard InChI is InChI=1S/C27H21FN8O/c28-19-5-3-18(4-6-19)25-24(17-11-13-31-14-12-17)21-9-10-23(32-26(21)34-25)33-27(37)22(29)15-16-1-7-20(8-2-16)35-36-30/h1-14,22H,15,29H2,(H2,32,33,34,37)/t22-/m0/s1. The molecule has 0 saturated heterocycles. The van der Waals surface area contributed by atoms with E-state index in [0.29, 0.717) is 23.6 Å². The molecule has 4 N–H and O–H groups in total. The summed E-state index contributed by atoms with van der Waals surface area (Å²) in [5.41, 5.74) is 19.9. The number of hydrogen-bond donors (Lipinski definition) is 3. The van der Waals surface area contributed by atoms with Crippen LogP contribution in [0.1, 0.15) is 5.56 Å². The fraction of sp³-hybridized carbons (Fsp3) is 0.0741. The maximum absolute atomic E-state index is 13.6. The highest BCUT2D eigenvalue weighted by atomic mass is 19.1. The zero-order valence-corrected chi connectivity index (χ0v) is 19.5. The number of carbonyl (C=O) groups excluding carboxylic acids is 1. The quantitative estimate of drug-likeness (QED) is 0.148. The van der Waals surface area contributed by atoms with Gasteiger partial charge in [-0.3, -0.25) is 9.78 Å². The Labute approximate surface area is 210 Å². The summed E-state index contributed by atoms with van der Waals surface area (Å²) in [6.07, 6.45) is 3.71. The van der Waals surface area contributed by atoms with Crippen LogP contribution in [-0.2, 0) is 11.2 Å². The Bertz CT molecular complexity index is 1610. The topological polar surface area (TPSA) is 145 Å². The number of pyridine rings is 2. The Hall–Kier alpha value is -5.05. The van der Waals surface area contributed by atoms with Gasteiger partial charge in [-0.1, -0.05) is 29.4 Å². The summed E-state index contributed by atoms with van der Waals surface area (Å²) in [6.45, 7) is 0. The number of nitrogens with one attached hydrogen (secondary N) is 2. The minimum Gasteiger partial charge on any atom is -0.339 e. The number of aromatic nitrogens is 3. The van der Waals surface area contributed by atoms with Gasteiger partial charge in [0.1, 0.15) is 17.3 Å². The number of anilines is 1. The van der Waals surface area contributed by atoms with Gasteiger partial charge in [-0.05, 0) is 77.2 Å². The summed E-state index contributed by atoms with van der Waals surface area (Å²) in [5, 5.41) is 7.15. The second kappa shape index (κ2) is 10.3. The zero-order chi connectivity index (χ0) is 25.8. The first-order valence-electron chi connectivity index (χ1n) is 11.4. The van der Waals surface area contributed by atoms with E-state index < -0.39 is 6.04 Å². The van der Waals surface area contributed by atoms with Crippen molar-refractivity contribution in [1.29, 1.82) is 0 Å². The van der Waals surface area contributed by atoms with Crippen LogP contribution in [0.5, 0.6) is 0 Å². The van der Waals surface area contributed by atoms with Gasteiger partial charge in [0, 0.05) is 33.9 Å². The number of hydrogen-bond acceptors (Lipinski definition) is 5. The molecule has 1 atom stereocenters. The number of nitrogens with two attached hydrogens (primary N) is 1. The molecule has 0 bridgehead atoms. The average Bonchev–Trinajstić information content (AvgIpc) is 3.29. The van der Waals surface area contributed by atoms with Crippen molar-refractivity contribution in [1.82, 2.24) is 15.0 Å². The van der Waals surface area contributed by atoms with Crippen molar-refractivity contribution in [3.63, 3.8) is 0 Å². The molecular formula is C27H21FN8O. The van der Waals surface area contributed by atoms with Crippen LogP contribution in [0, 0.1) is 5.82 Å². The number of H-pyrrole nitrogens is 1. The lowest BCUT2D eigenvalue weighted by atomic mass is 10.00. The van der Waals surface area contributed by atoms with Gasteiger partial charge in [-0.2, -0.15) is 0 Å². The third-order valence-corrected chi connectivity index (χ3v) is 5.90. The molecule has 0 fully saturated rings. The number of azide groups is 1. The zero-order valence-electron chi connectivity index (χ0n) is 19.5. The van der Waals surface area contributed by atoms with E-state index in [1.807, 2.05) is 18.2 Å². The molecule has 0 unspecified atom stereocenters. The van der Waals surface area contributed by atoms with Crippen LogP contribution in [0.4, 0.5) is 15.9 Å². The maximum Gasteiger partial charge on any atom is 0.242 e. The minimum absolute atomic E-state index is 0.300. The number of benzene rings is 2. The highest BCUT2D eigenvalue weighted by Gasteiger charge is 2.19. The second-order valence-corrected chi connectivity index (χ2v) is 8.37. The predicted molar refractivity (Wildman–Crippen MR) is 140 cm³/mol. The lowest BCUT2D eigenvalue weighted by molar-refractivity contribution is -0.117. The summed E-state index contributed by atoms with van der Waals surface area (Å²) in [6, 6.07) is 19.6. The molecule has 2 aromatic carbocycles. The summed E-state index contributed by atoms with van der Waals surface area (Å²) < 4.78 is 13.6. The Morgan fingerprint density at radius 2 is 1.76 bits per heavy atom. The first-order chi connectivity index (χ1) is 18.0. The number of fused-ring (bicyclic) bond motifs is 1. The molecule has 0 saturated carbocycles. The first kappa shape index (κ1) is 23.7. The number of rotatable bonds is 7. The maximum atomic E-state index is 13.6. The minimum atomic E-state index is -0.811. The number of halogens is 1. The molecule has 3 aromatic heterocycles. The van der Waals surface area contributed by atoms with E-state index in [1.165, 1.54) is 12.1 Å². The van der Waals surface area contributed by atoms with E-state index in [9.17, 15) is 9.18 Å². The molecule has 5 aromatic rings. The molecule has 9 nitrogen and oxygen atoms in total. The predicted octanol–water partition coefficient (Wildman–Crippen LogP) is 5.88. The van der Waals surface area contributed by atoms with Gasteiger partial charge in [-0.15, -0.1) is 0 Å². The SMILES string of the molecule is [N-]=[N+]=Nc1ccc(C[C@H](N)C(=O)Nc2ccc3c(-c4ccncc4)c(-c4ccc(F)cc4)[nH]c3n2)cc1. The van der Waals surface area contributed by atoms with Gasteiger partial charge >= 0.3 is 0 Å². The lowest BCUT2D eigenvalue weighted by Crippen LogP contribution is -2.37. The van der Waals surface area contributed by atoms with Crippen molar-refractivity contribution in [3.05, 3.63) is 107 Å². The molecular weight excluding hydrogens is 471 g/mol. The molecule has 0 aliphatic heterocycles. The van der Waals surface area contributed by atoms with Crippen molar-refractivity contribution in [3.8, 4) is 22.4 Å². The molecule has 182 valence electrons. The van der Waals surface area contributed by atoms with Gasteiger partial charge in [0.25, 0.3) is 0 Å². The van der Waals surface area contributed by atoms with Crippen LogP contribution in [-0.4, -0.2) is 26.9 Å². The number of aromatic amines is 1. The highest BCUT2D eigenvalue weighted by Crippen LogP contribution is 2.38. The molecule has 0 aliphatic carbocycles. The fourth-order valence-electron chi connectivity index (χ4n) is 4.11. The third kappa shape index (κ3) is 5.15. The van der Waals surface area contributed by atoms with Crippen LogP contribution in [0.3, 0.4) is 0 Å². The Balaban J connectivity index is 1.42. The highest BCUT2D eigenvalue weighted by molar-refractivity contribution is 6.03. The smallest absolute Gasteiger partial charge is 0.242 e. The normalized spacial score (nSPS) is 11.6. The summed E-state index contributed by atoms with van der Waals surface area (Å²) >= 11 is 0. The van der Waals surface area contributed by atoms with Gasteiger partial charge in [0.05, 0.1) is 11.7 Å². The fourth-order valence-corrected chi connectivity index (χ4v) is 4.11. The first-order valence-corrected chi connectivity index (χ1v) is 11.4. The number of nitrogens with zero attached hydrogens (tertiary/aromatic N) is 5. The Kier molecular flexibility index (Phi) is 6.58. The molecule has 0 aliphatic rings. The average molecular weight is 493 g/mol. The van der Waals surface area contributed by atoms with Crippen LogP contribution in [0.15, 0.2) is 90.3 Å². The van der Waals surface area contributed by atoms with Crippen molar-refractivity contribution in [2.75, 3.05) is 5.32 Å².